The van der Waals surface area contributed by atoms with Crippen molar-refractivity contribution in [3.8, 4) is 0 Å². The van der Waals surface area contributed by atoms with Gasteiger partial charge >= 0.3 is 0 Å². The summed E-state index contributed by atoms with van der Waals surface area (Å²) < 4.78 is 0. The smallest absolute Gasteiger partial charge is 0.0250 e. The van der Waals surface area contributed by atoms with Crippen LogP contribution in [-0.4, -0.2) is 0 Å². The molecule has 0 aliphatic heterocycles. The molecule has 1 atom stereocenters. The van der Waals surface area contributed by atoms with Crippen molar-refractivity contribution in [3.05, 3.63) is 34.9 Å². The van der Waals surface area contributed by atoms with Crippen LogP contribution in [-0.2, 0) is 12.8 Å². The van der Waals surface area contributed by atoms with E-state index in [1.54, 1.807) is 11.1 Å². The summed E-state index contributed by atoms with van der Waals surface area (Å²) in [6.45, 7) is 12.5. The first-order valence-corrected chi connectivity index (χ1v) is 6.84. The highest BCUT2D eigenvalue weighted by Crippen LogP contribution is 2.25. The average molecular weight is 220 g/mol. The molecular formula is C16H28. The van der Waals surface area contributed by atoms with E-state index in [0.29, 0.717) is 0 Å². The summed E-state index contributed by atoms with van der Waals surface area (Å²) in [6.07, 6.45) is 3.95. The summed E-state index contributed by atoms with van der Waals surface area (Å²) in [7, 11) is 0. The monoisotopic (exact) mass is 220 g/mol. The number of hydrogen-bond acceptors (Lipinski definition) is 0. The summed E-state index contributed by atoms with van der Waals surface area (Å²) in [4.78, 5) is 0. The molecule has 1 aliphatic rings. The Labute approximate surface area is 102 Å². The van der Waals surface area contributed by atoms with Crippen LogP contribution in [0.2, 0.25) is 0 Å². The lowest BCUT2D eigenvalue weighted by molar-refractivity contribution is 0.501. The highest BCUT2D eigenvalue weighted by atomic mass is 14.2. The quantitative estimate of drug-likeness (QED) is 0.565. The van der Waals surface area contributed by atoms with Crippen molar-refractivity contribution in [1.82, 2.24) is 0 Å². The molecule has 16 heavy (non-hydrogen) atoms. The van der Waals surface area contributed by atoms with Crippen molar-refractivity contribution >= 4 is 0 Å². The van der Waals surface area contributed by atoms with Gasteiger partial charge in [-0.25, -0.2) is 0 Å². The Morgan fingerprint density at radius 1 is 1.00 bits per heavy atom. The first-order valence-electron chi connectivity index (χ1n) is 6.84. The molecule has 1 aliphatic carbocycles. The van der Waals surface area contributed by atoms with Crippen LogP contribution in [0.4, 0.5) is 0 Å². The summed E-state index contributed by atoms with van der Waals surface area (Å²) in [5.41, 5.74) is 4.58. The first kappa shape index (κ1) is 15.2. The van der Waals surface area contributed by atoms with E-state index in [1.807, 2.05) is 27.7 Å². The first-order chi connectivity index (χ1) is 7.75. The third-order valence-electron chi connectivity index (χ3n) is 2.84. The summed E-state index contributed by atoms with van der Waals surface area (Å²) >= 11 is 0. The fourth-order valence-electron chi connectivity index (χ4n) is 2.07. The fourth-order valence-corrected chi connectivity index (χ4v) is 2.07. The Kier molecular flexibility index (Phi) is 7.97. The second-order valence-electron chi connectivity index (χ2n) is 4.12. The van der Waals surface area contributed by atoms with Gasteiger partial charge in [0, 0.05) is 0 Å². The van der Waals surface area contributed by atoms with Gasteiger partial charge in [0.1, 0.15) is 0 Å². The van der Waals surface area contributed by atoms with Crippen molar-refractivity contribution < 1.29 is 0 Å². The van der Waals surface area contributed by atoms with E-state index in [4.69, 9.17) is 0 Å². The zero-order valence-electron chi connectivity index (χ0n) is 11.9. The molecule has 0 aromatic heterocycles. The summed E-state index contributed by atoms with van der Waals surface area (Å²) in [6, 6.07) is 6.89. The van der Waals surface area contributed by atoms with E-state index >= 15 is 0 Å². The zero-order chi connectivity index (χ0) is 12.6. The van der Waals surface area contributed by atoms with E-state index in [0.717, 1.165) is 5.92 Å². The standard InChI is InChI=1S/C12H16.2C2H6/c1-9-3-5-11-6-4-10(2)8-12(11)7-9;2*1-2/h3,5,7,10H,4,6,8H2,1-2H3;2*1-2H3. The number of fused-ring (bicyclic) bond motifs is 1. The Morgan fingerprint density at radius 2 is 1.62 bits per heavy atom. The second kappa shape index (κ2) is 8.38. The average Bonchev–Trinajstić information content (AvgIpc) is 2.33. The van der Waals surface area contributed by atoms with Crippen molar-refractivity contribution in [3.63, 3.8) is 0 Å². The van der Waals surface area contributed by atoms with Crippen molar-refractivity contribution in [1.29, 1.82) is 0 Å². The van der Waals surface area contributed by atoms with E-state index in [-0.39, 0.29) is 0 Å². The molecule has 0 amide bonds. The lowest BCUT2D eigenvalue weighted by atomic mass is 9.84. The Hall–Kier alpha value is -0.780. The van der Waals surface area contributed by atoms with Crippen LogP contribution >= 0.6 is 0 Å². The largest absolute Gasteiger partial charge is 0.0683 e. The third-order valence-corrected chi connectivity index (χ3v) is 2.84. The van der Waals surface area contributed by atoms with Crippen LogP contribution in [0.25, 0.3) is 0 Å². The molecule has 0 bridgehead atoms. The van der Waals surface area contributed by atoms with Crippen LogP contribution in [0.3, 0.4) is 0 Å². The summed E-state index contributed by atoms with van der Waals surface area (Å²) in [5.74, 6) is 0.888. The van der Waals surface area contributed by atoms with Gasteiger partial charge in [0.15, 0.2) is 0 Å². The van der Waals surface area contributed by atoms with Gasteiger partial charge in [-0.1, -0.05) is 58.4 Å². The Bertz CT molecular complexity index is 286. The lowest BCUT2D eigenvalue weighted by Gasteiger charge is -2.21. The van der Waals surface area contributed by atoms with Crippen LogP contribution < -0.4 is 0 Å². The predicted octanol–water partition coefficient (Wildman–Crippen LogP) is 5.17. The van der Waals surface area contributed by atoms with Gasteiger partial charge in [-0.3, -0.25) is 0 Å². The van der Waals surface area contributed by atoms with Gasteiger partial charge in [0.2, 0.25) is 0 Å². The number of benzene rings is 1. The van der Waals surface area contributed by atoms with Crippen LogP contribution in [0.5, 0.6) is 0 Å². The molecule has 2 rings (SSSR count). The highest BCUT2D eigenvalue weighted by Gasteiger charge is 2.14. The molecule has 0 saturated heterocycles. The molecular weight excluding hydrogens is 192 g/mol. The normalized spacial score (nSPS) is 17.2. The molecule has 1 aromatic carbocycles. The zero-order valence-corrected chi connectivity index (χ0v) is 11.9. The molecule has 0 heteroatoms. The second-order valence-corrected chi connectivity index (χ2v) is 4.12. The van der Waals surface area contributed by atoms with Gasteiger partial charge < -0.3 is 0 Å². The molecule has 0 radical (unpaired) electrons. The van der Waals surface area contributed by atoms with Crippen molar-refractivity contribution in [2.75, 3.05) is 0 Å². The Morgan fingerprint density at radius 3 is 2.25 bits per heavy atom. The summed E-state index contributed by atoms with van der Waals surface area (Å²) in [5, 5.41) is 0. The van der Waals surface area contributed by atoms with Crippen LogP contribution in [0, 0.1) is 12.8 Å². The maximum absolute atomic E-state index is 2.35. The van der Waals surface area contributed by atoms with E-state index in [2.05, 4.69) is 32.0 Å². The minimum Gasteiger partial charge on any atom is -0.0683 e. The maximum Gasteiger partial charge on any atom is -0.0250 e. The minimum atomic E-state index is 0.888. The fraction of sp³-hybridized carbons (Fsp3) is 0.625. The number of hydrogen-bond donors (Lipinski definition) is 0. The SMILES string of the molecule is CC.CC.Cc1ccc2c(c1)CC(C)CC2. The highest BCUT2D eigenvalue weighted by molar-refractivity contribution is 5.33. The van der Waals surface area contributed by atoms with Gasteiger partial charge in [0.05, 0.1) is 0 Å². The molecule has 92 valence electrons. The molecule has 0 heterocycles. The van der Waals surface area contributed by atoms with E-state index in [9.17, 15) is 0 Å². The van der Waals surface area contributed by atoms with Gasteiger partial charge in [-0.05, 0) is 43.2 Å². The lowest BCUT2D eigenvalue weighted by Crippen LogP contribution is -2.11. The maximum atomic E-state index is 2.35. The molecule has 1 aromatic rings. The van der Waals surface area contributed by atoms with Crippen molar-refractivity contribution in [2.45, 2.75) is 60.8 Å². The van der Waals surface area contributed by atoms with Crippen molar-refractivity contribution in [2.24, 2.45) is 5.92 Å². The molecule has 0 spiro atoms. The topological polar surface area (TPSA) is 0 Å². The predicted molar refractivity (Wildman–Crippen MR) is 75.1 cm³/mol. The molecule has 1 unspecified atom stereocenters. The molecule has 0 N–H and O–H groups in total. The van der Waals surface area contributed by atoms with Gasteiger partial charge in [-0.15, -0.1) is 0 Å². The van der Waals surface area contributed by atoms with E-state index < -0.39 is 0 Å². The minimum absolute atomic E-state index is 0.888. The molecule has 0 nitrogen and oxygen atoms in total. The third kappa shape index (κ3) is 4.38. The van der Waals surface area contributed by atoms with E-state index in [1.165, 1.54) is 24.8 Å². The van der Waals surface area contributed by atoms with Crippen LogP contribution in [0.1, 0.15) is 57.7 Å². The number of aryl methyl sites for hydroxylation is 2. The Balaban J connectivity index is 0.000000509. The van der Waals surface area contributed by atoms with Gasteiger partial charge in [-0.2, -0.15) is 0 Å². The van der Waals surface area contributed by atoms with Gasteiger partial charge in [0.25, 0.3) is 0 Å². The molecule has 0 fully saturated rings. The van der Waals surface area contributed by atoms with Crippen LogP contribution in [0.15, 0.2) is 18.2 Å². The number of rotatable bonds is 0. The molecule has 0 saturated carbocycles.